The Morgan fingerprint density at radius 3 is 2.76 bits per heavy atom. The van der Waals surface area contributed by atoms with Crippen LogP contribution in [0.5, 0.6) is 0 Å². The highest BCUT2D eigenvalue weighted by molar-refractivity contribution is 5.91. The topological polar surface area (TPSA) is 59.7 Å². The SMILES string of the molecule is CC1=C(O)C(C/C(C)=C/CC/C(C)=C/C=C/[C@@H](C)CCCc2ccoc2)OC1=O. The van der Waals surface area contributed by atoms with Gasteiger partial charge in [0.15, 0.2) is 6.10 Å². The summed E-state index contributed by atoms with van der Waals surface area (Å²) in [5.74, 6) is 0.218. The van der Waals surface area contributed by atoms with Crippen molar-refractivity contribution < 1.29 is 19.1 Å². The zero-order chi connectivity index (χ0) is 21.2. The van der Waals surface area contributed by atoms with Gasteiger partial charge in [0.05, 0.1) is 18.1 Å². The molecule has 0 aromatic carbocycles. The molecule has 1 unspecified atom stereocenters. The molecule has 2 atom stereocenters. The van der Waals surface area contributed by atoms with Crippen LogP contribution in [0.3, 0.4) is 0 Å². The fraction of sp³-hybridized carbons (Fsp3) is 0.480. The van der Waals surface area contributed by atoms with Gasteiger partial charge in [-0.15, -0.1) is 0 Å². The van der Waals surface area contributed by atoms with E-state index in [2.05, 4.69) is 38.2 Å². The summed E-state index contributed by atoms with van der Waals surface area (Å²) >= 11 is 0. The second-order valence-electron chi connectivity index (χ2n) is 8.10. The third-order valence-corrected chi connectivity index (χ3v) is 5.31. The molecule has 1 aromatic rings. The Morgan fingerprint density at radius 1 is 1.31 bits per heavy atom. The van der Waals surface area contributed by atoms with Gasteiger partial charge in [-0.05, 0) is 70.4 Å². The minimum Gasteiger partial charge on any atom is -0.508 e. The Kier molecular flexibility index (Phi) is 9.04. The Morgan fingerprint density at radius 2 is 2.10 bits per heavy atom. The molecule has 2 heterocycles. The zero-order valence-corrected chi connectivity index (χ0v) is 18.1. The van der Waals surface area contributed by atoms with Crippen LogP contribution in [0.25, 0.3) is 0 Å². The molecule has 0 spiro atoms. The highest BCUT2D eigenvalue weighted by atomic mass is 16.6. The smallest absolute Gasteiger partial charge is 0.338 e. The molecular formula is C25H34O4. The van der Waals surface area contributed by atoms with E-state index >= 15 is 0 Å². The summed E-state index contributed by atoms with van der Waals surface area (Å²) in [5, 5.41) is 9.92. The lowest BCUT2D eigenvalue weighted by Crippen LogP contribution is -2.12. The number of hydrogen-bond acceptors (Lipinski definition) is 4. The minimum absolute atomic E-state index is 0.0721. The van der Waals surface area contributed by atoms with E-state index in [0.717, 1.165) is 24.8 Å². The minimum atomic E-state index is -0.520. The molecule has 0 saturated carbocycles. The van der Waals surface area contributed by atoms with Gasteiger partial charge in [-0.3, -0.25) is 0 Å². The van der Waals surface area contributed by atoms with Gasteiger partial charge in [-0.2, -0.15) is 0 Å². The number of carbonyl (C=O) groups excluding carboxylic acids is 1. The number of hydrogen-bond donors (Lipinski definition) is 1. The number of esters is 1. The van der Waals surface area contributed by atoms with E-state index < -0.39 is 12.1 Å². The van der Waals surface area contributed by atoms with E-state index in [4.69, 9.17) is 9.15 Å². The van der Waals surface area contributed by atoms with Crippen molar-refractivity contribution in [2.45, 2.75) is 72.3 Å². The first-order chi connectivity index (χ1) is 13.9. The summed E-state index contributed by atoms with van der Waals surface area (Å²) in [5.41, 5.74) is 4.05. The molecule has 4 heteroatoms. The summed E-state index contributed by atoms with van der Waals surface area (Å²) < 4.78 is 10.3. The van der Waals surface area contributed by atoms with Gasteiger partial charge in [-0.25, -0.2) is 4.79 Å². The largest absolute Gasteiger partial charge is 0.508 e. The monoisotopic (exact) mass is 398 g/mol. The molecule has 158 valence electrons. The molecule has 0 aliphatic carbocycles. The van der Waals surface area contributed by atoms with E-state index in [0.29, 0.717) is 17.9 Å². The molecule has 1 aliphatic rings. The van der Waals surface area contributed by atoms with Crippen molar-refractivity contribution in [3.63, 3.8) is 0 Å². The maximum Gasteiger partial charge on any atom is 0.338 e. The van der Waals surface area contributed by atoms with Crippen LogP contribution in [0.15, 0.2) is 69.8 Å². The normalized spacial score (nSPS) is 19.3. The summed E-state index contributed by atoms with van der Waals surface area (Å²) in [6.45, 7) is 8.01. The molecule has 0 radical (unpaired) electrons. The molecular weight excluding hydrogens is 364 g/mol. The number of cyclic esters (lactones) is 1. The average Bonchev–Trinajstić information content (AvgIpc) is 3.27. The van der Waals surface area contributed by atoms with Crippen LogP contribution < -0.4 is 0 Å². The van der Waals surface area contributed by atoms with Gasteiger partial charge >= 0.3 is 5.97 Å². The number of aryl methyl sites for hydroxylation is 1. The van der Waals surface area contributed by atoms with E-state index in [1.165, 1.54) is 24.0 Å². The quantitative estimate of drug-likeness (QED) is 0.259. The van der Waals surface area contributed by atoms with E-state index in [1.807, 2.05) is 19.3 Å². The van der Waals surface area contributed by atoms with Gasteiger partial charge in [0, 0.05) is 6.42 Å². The molecule has 2 rings (SSSR count). The Balaban J connectivity index is 1.66. The molecule has 0 amide bonds. The molecule has 1 aromatic heterocycles. The summed E-state index contributed by atoms with van der Waals surface area (Å²) in [6, 6.07) is 2.03. The first kappa shape index (κ1) is 22.8. The lowest BCUT2D eigenvalue weighted by atomic mass is 10.0. The maximum atomic E-state index is 11.5. The van der Waals surface area contributed by atoms with Crippen LogP contribution in [0.1, 0.15) is 65.4 Å². The lowest BCUT2D eigenvalue weighted by Gasteiger charge is -2.10. The van der Waals surface area contributed by atoms with Gasteiger partial charge in [0.2, 0.25) is 0 Å². The van der Waals surface area contributed by atoms with Crippen LogP contribution in [-0.4, -0.2) is 17.2 Å². The third kappa shape index (κ3) is 7.80. The number of allylic oxidation sites excluding steroid dienone is 5. The molecule has 0 saturated heterocycles. The van der Waals surface area contributed by atoms with E-state index in [1.54, 1.807) is 13.2 Å². The highest BCUT2D eigenvalue weighted by Crippen LogP contribution is 2.25. The van der Waals surface area contributed by atoms with Gasteiger partial charge in [-0.1, -0.05) is 42.4 Å². The summed E-state index contributed by atoms with van der Waals surface area (Å²) in [7, 11) is 0. The molecule has 29 heavy (non-hydrogen) atoms. The predicted molar refractivity (Wildman–Crippen MR) is 117 cm³/mol. The number of ether oxygens (including phenoxy) is 1. The van der Waals surface area contributed by atoms with Crippen LogP contribution in [-0.2, 0) is 16.0 Å². The number of aliphatic hydroxyl groups excluding tert-OH is 1. The van der Waals surface area contributed by atoms with Crippen molar-refractivity contribution in [2.24, 2.45) is 5.92 Å². The molecule has 0 fully saturated rings. The van der Waals surface area contributed by atoms with Gasteiger partial charge in [0.25, 0.3) is 0 Å². The first-order valence-corrected chi connectivity index (χ1v) is 10.5. The van der Waals surface area contributed by atoms with Crippen LogP contribution in [0.4, 0.5) is 0 Å². The number of furan rings is 1. The van der Waals surface area contributed by atoms with Crippen molar-refractivity contribution in [1.29, 1.82) is 0 Å². The summed E-state index contributed by atoms with van der Waals surface area (Å²) in [6.07, 6.45) is 17.7. The molecule has 1 aliphatic heterocycles. The number of aliphatic hydroxyl groups is 1. The Labute approximate surface area is 174 Å². The maximum absolute atomic E-state index is 11.5. The standard InChI is InChI=1S/C25H34O4/c1-18(8-5-9-19(2)11-7-13-22-14-15-28-17-22)10-6-12-20(3)16-23-24(26)21(4)25(27)29-23/h5,8-9,12,14-15,17,19,23,26H,6-7,10-11,13,16H2,1-4H3/b9-5+,18-8+,20-12+/t19-,23?/m1/s1. The van der Waals surface area contributed by atoms with Crippen LogP contribution in [0, 0.1) is 5.92 Å². The molecule has 0 bridgehead atoms. The average molecular weight is 399 g/mol. The van der Waals surface area contributed by atoms with Crippen molar-refractivity contribution in [2.75, 3.05) is 0 Å². The zero-order valence-electron chi connectivity index (χ0n) is 18.1. The van der Waals surface area contributed by atoms with Crippen molar-refractivity contribution in [3.8, 4) is 0 Å². The second-order valence-corrected chi connectivity index (χ2v) is 8.10. The van der Waals surface area contributed by atoms with Crippen molar-refractivity contribution in [1.82, 2.24) is 0 Å². The fourth-order valence-corrected chi connectivity index (χ4v) is 3.33. The van der Waals surface area contributed by atoms with Crippen LogP contribution >= 0.6 is 0 Å². The molecule has 4 nitrogen and oxygen atoms in total. The summed E-state index contributed by atoms with van der Waals surface area (Å²) in [4.78, 5) is 11.5. The van der Waals surface area contributed by atoms with Crippen molar-refractivity contribution in [3.05, 3.63) is 70.9 Å². The van der Waals surface area contributed by atoms with Crippen molar-refractivity contribution >= 4 is 5.97 Å². The Bertz CT molecular complexity index is 778. The third-order valence-electron chi connectivity index (χ3n) is 5.31. The lowest BCUT2D eigenvalue weighted by molar-refractivity contribution is -0.140. The van der Waals surface area contributed by atoms with Gasteiger partial charge in [0.1, 0.15) is 5.76 Å². The molecule has 1 N–H and O–H groups in total. The highest BCUT2D eigenvalue weighted by Gasteiger charge is 2.31. The predicted octanol–water partition coefficient (Wildman–Crippen LogP) is 6.61. The fourth-order valence-electron chi connectivity index (χ4n) is 3.33. The second kappa shape index (κ2) is 11.5. The number of rotatable bonds is 11. The first-order valence-electron chi connectivity index (χ1n) is 10.5. The van der Waals surface area contributed by atoms with E-state index in [-0.39, 0.29) is 5.76 Å². The van der Waals surface area contributed by atoms with Crippen LogP contribution in [0.2, 0.25) is 0 Å². The van der Waals surface area contributed by atoms with E-state index in [9.17, 15) is 9.90 Å². The number of carbonyl (C=O) groups is 1. The van der Waals surface area contributed by atoms with Gasteiger partial charge < -0.3 is 14.3 Å². The Hall–Kier alpha value is -2.49.